The fourth-order valence-corrected chi connectivity index (χ4v) is 2.69. The van der Waals surface area contributed by atoms with Crippen LogP contribution in [0.2, 0.25) is 0 Å². The van der Waals surface area contributed by atoms with Crippen molar-refractivity contribution in [2.75, 3.05) is 13.2 Å². The van der Waals surface area contributed by atoms with Crippen molar-refractivity contribution in [3.8, 4) is 0 Å². The van der Waals surface area contributed by atoms with Crippen LogP contribution in [0.25, 0.3) is 0 Å². The maximum atomic E-state index is 5.25. The van der Waals surface area contributed by atoms with Crippen LogP contribution in [0, 0.1) is 0 Å². The van der Waals surface area contributed by atoms with Gasteiger partial charge in [-0.15, -0.1) is 0 Å². The molecule has 0 aliphatic rings. The third kappa shape index (κ3) is 21.7. The van der Waals surface area contributed by atoms with Gasteiger partial charge >= 0.3 is 0 Å². The minimum atomic E-state index is 0.826. The normalized spacial score (nSPS) is 11.6. The van der Waals surface area contributed by atoms with Gasteiger partial charge in [-0.25, -0.2) is 5.48 Å². The van der Waals surface area contributed by atoms with E-state index in [0.717, 1.165) is 19.6 Å². The molecule has 0 aliphatic heterocycles. The minimum absolute atomic E-state index is 0.826. The zero-order valence-electron chi connectivity index (χ0n) is 16.1. The van der Waals surface area contributed by atoms with E-state index in [1.54, 1.807) is 0 Å². The van der Waals surface area contributed by atoms with Gasteiger partial charge in [-0.3, -0.25) is 0 Å². The topological polar surface area (TPSA) is 21.3 Å². The van der Waals surface area contributed by atoms with E-state index in [1.807, 2.05) is 0 Å². The monoisotopic (exact) mass is 325 g/mol. The number of hydrogen-bond donors (Lipinski definition) is 1. The lowest BCUT2D eigenvalue weighted by atomic mass is 10.1. The molecule has 0 heterocycles. The van der Waals surface area contributed by atoms with Crippen molar-refractivity contribution in [2.45, 2.75) is 110 Å². The van der Waals surface area contributed by atoms with Gasteiger partial charge in [0, 0.05) is 6.54 Å². The van der Waals surface area contributed by atoms with Gasteiger partial charge in [-0.2, -0.15) is 0 Å². The SMILES string of the molecule is CCCCCCCC/C=C\CCCCCCCCNOCCC. The van der Waals surface area contributed by atoms with Crippen molar-refractivity contribution in [3.63, 3.8) is 0 Å². The first kappa shape index (κ1) is 22.7. The first-order valence-corrected chi connectivity index (χ1v) is 10.4. The molecule has 0 radical (unpaired) electrons. The Labute approximate surface area is 146 Å². The van der Waals surface area contributed by atoms with Gasteiger partial charge in [-0.1, -0.05) is 83.8 Å². The molecule has 0 fully saturated rings. The highest BCUT2D eigenvalue weighted by Gasteiger charge is 1.92. The third-order valence-electron chi connectivity index (χ3n) is 4.20. The van der Waals surface area contributed by atoms with E-state index in [0.29, 0.717) is 0 Å². The van der Waals surface area contributed by atoms with Gasteiger partial charge in [0.05, 0.1) is 6.61 Å². The highest BCUT2D eigenvalue weighted by atomic mass is 16.6. The summed E-state index contributed by atoms with van der Waals surface area (Å²) >= 11 is 0. The van der Waals surface area contributed by atoms with Crippen LogP contribution in [0.5, 0.6) is 0 Å². The summed E-state index contributed by atoms with van der Waals surface area (Å²) in [5.74, 6) is 0. The lowest BCUT2D eigenvalue weighted by Gasteiger charge is -2.04. The summed E-state index contributed by atoms with van der Waals surface area (Å²) in [6, 6.07) is 0. The Morgan fingerprint density at radius 1 is 0.609 bits per heavy atom. The molecule has 0 unspecified atom stereocenters. The average Bonchev–Trinajstić information content (AvgIpc) is 2.57. The van der Waals surface area contributed by atoms with Crippen molar-refractivity contribution in [1.82, 2.24) is 5.48 Å². The second kappa shape index (κ2) is 21.7. The number of hydrogen-bond acceptors (Lipinski definition) is 2. The van der Waals surface area contributed by atoms with E-state index < -0.39 is 0 Å². The number of unbranched alkanes of at least 4 members (excludes halogenated alkanes) is 12. The lowest BCUT2D eigenvalue weighted by Crippen LogP contribution is -2.16. The highest BCUT2D eigenvalue weighted by molar-refractivity contribution is 4.81. The smallest absolute Gasteiger partial charge is 0.0679 e. The van der Waals surface area contributed by atoms with Crippen LogP contribution >= 0.6 is 0 Å². The summed E-state index contributed by atoms with van der Waals surface area (Å²) in [4.78, 5) is 5.25. The van der Waals surface area contributed by atoms with E-state index in [4.69, 9.17) is 4.84 Å². The molecule has 1 N–H and O–H groups in total. The summed E-state index contributed by atoms with van der Waals surface area (Å²) in [6.45, 7) is 6.24. The first-order valence-electron chi connectivity index (χ1n) is 10.4. The molecule has 0 bridgehead atoms. The summed E-state index contributed by atoms with van der Waals surface area (Å²) in [5, 5.41) is 0. The molecule has 138 valence electrons. The second-order valence-corrected chi connectivity index (χ2v) is 6.68. The van der Waals surface area contributed by atoms with Crippen molar-refractivity contribution in [3.05, 3.63) is 12.2 Å². The number of hydroxylamine groups is 1. The average molecular weight is 326 g/mol. The fourth-order valence-electron chi connectivity index (χ4n) is 2.69. The molecule has 2 heteroatoms. The maximum absolute atomic E-state index is 5.25. The quantitative estimate of drug-likeness (QED) is 0.157. The molecule has 0 aliphatic carbocycles. The molecular formula is C21H43NO. The zero-order valence-corrected chi connectivity index (χ0v) is 16.1. The molecule has 0 amide bonds. The first-order chi connectivity index (χ1) is 11.4. The summed E-state index contributed by atoms with van der Waals surface area (Å²) in [5.41, 5.74) is 3.03. The van der Waals surface area contributed by atoms with Crippen molar-refractivity contribution in [2.24, 2.45) is 0 Å². The minimum Gasteiger partial charge on any atom is -0.302 e. The van der Waals surface area contributed by atoms with Crippen LogP contribution < -0.4 is 5.48 Å². The molecule has 2 nitrogen and oxygen atoms in total. The van der Waals surface area contributed by atoms with Gasteiger partial charge in [-0.05, 0) is 38.5 Å². The Balaban J connectivity index is 3.02. The van der Waals surface area contributed by atoms with Crippen LogP contribution in [0.4, 0.5) is 0 Å². The predicted molar refractivity (Wildman–Crippen MR) is 104 cm³/mol. The van der Waals surface area contributed by atoms with Gasteiger partial charge in [0.1, 0.15) is 0 Å². The largest absolute Gasteiger partial charge is 0.302 e. The molecule has 0 atom stereocenters. The lowest BCUT2D eigenvalue weighted by molar-refractivity contribution is 0.0407. The van der Waals surface area contributed by atoms with Gasteiger partial charge < -0.3 is 4.84 Å². The van der Waals surface area contributed by atoms with E-state index >= 15 is 0 Å². The molecule has 0 aromatic carbocycles. The number of nitrogens with one attached hydrogen (secondary N) is 1. The molecule has 0 rings (SSSR count). The molecular weight excluding hydrogens is 282 g/mol. The Hall–Kier alpha value is -0.340. The Morgan fingerprint density at radius 2 is 1.13 bits per heavy atom. The van der Waals surface area contributed by atoms with Gasteiger partial charge in [0.15, 0.2) is 0 Å². The van der Waals surface area contributed by atoms with Crippen LogP contribution in [0.3, 0.4) is 0 Å². The molecule has 0 aromatic rings. The number of rotatable bonds is 19. The zero-order chi connectivity index (χ0) is 16.8. The second-order valence-electron chi connectivity index (χ2n) is 6.68. The van der Waals surface area contributed by atoms with Crippen molar-refractivity contribution in [1.29, 1.82) is 0 Å². The number of allylic oxidation sites excluding steroid dienone is 2. The maximum Gasteiger partial charge on any atom is 0.0679 e. The van der Waals surface area contributed by atoms with E-state index in [9.17, 15) is 0 Å². The summed E-state index contributed by atoms with van der Waals surface area (Å²) in [7, 11) is 0. The summed E-state index contributed by atoms with van der Waals surface area (Å²) < 4.78 is 0. The molecule has 0 aromatic heterocycles. The van der Waals surface area contributed by atoms with Gasteiger partial charge in [0.25, 0.3) is 0 Å². The van der Waals surface area contributed by atoms with E-state index in [1.165, 1.54) is 89.9 Å². The molecule has 0 saturated heterocycles. The fraction of sp³-hybridized carbons (Fsp3) is 0.905. The third-order valence-corrected chi connectivity index (χ3v) is 4.20. The van der Waals surface area contributed by atoms with Crippen LogP contribution in [0.15, 0.2) is 12.2 Å². The van der Waals surface area contributed by atoms with Crippen LogP contribution in [-0.2, 0) is 4.84 Å². The van der Waals surface area contributed by atoms with Gasteiger partial charge in [0.2, 0.25) is 0 Å². The molecule has 23 heavy (non-hydrogen) atoms. The van der Waals surface area contributed by atoms with Crippen molar-refractivity contribution >= 4 is 0 Å². The highest BCUT2D eigenvalue weighted by Crippen LogP contribution is 2.09. The molecule has 0 spiro atoms. The van der Waals surface area contributed by atoms with E-state index in [2.05, 4.69) is 31.5 Å². The standard InChI is InChI=1S/C21H43NO/c1-3-5-6-7-8-9-10-11-12-13-14-15-16-17-18-19-20-22-23-21-4-2/h11-12,22H,3-10,13-21H2,1-2H3/b12-11-. The van der Waals surface area contributed by atoms with Crippen LogP contribution in [0.1, 0.15) is 110 Å². The summed E-state index contributed by atoms with van der Waals surface area (Å²) in [6.07, 6.45) is 25.0. The predicted octanol–water partition coefficient (Wildman–Crippen LogP) is 6.96. The Bertz CT molecular complexity index is 228. The molecule has 0 saturated carbocycles. The van der Waals surface area contributed by atoms with Crippen molar-refractivity contribution < 1.29 is 4.84 Å². The Morgan fingerprint density at radius 3 is 1.70 bits per heavy atom. The Kier molecular flexibility index (Phi) is 21.3. The van der Waals surface area contributed by atoms with E-state index in [-0.39, 0.29) is 0 Å². The van der Waals surface area contributed by atoms with Crippen LogP contribution in [-0.4, -0.2) is 13.2 Å².